The van der Waals surface area contributed by atoms with Crippen LogP contribution in [0.5, 0.6) is 0 Å². The number of H-pyrrole nitrogens is 1. The quantitative estimate of drug-likeness (QED) is 0.388. The van der Waals surface area contributed by atoms with Crippen LogP contribution in [0.25, 0.3) is 10.9 Å². The summed E-state index contributed by atoms with van der Waals surface area (Å²) in [7, 11) is 1.87. The molecule has 0 radical (unpaired) electrons. The summed E-state index contributed by atoms with van der Waals surface area (Å²) in [6.45, 7) is 0. The Kier molecular flexibility index (Phi) is 5.58. The molecule has 1 fully saturated rings. The van der Waals surface area contributed by atoms with Gasteiger partial charge in [-0.15, -0.1) is 0 Å². The molecule has 0 saturated heterocycles. The Balaban J connectivity index is 1.47. The van der Waals surface area contributed by atoms with Crippen LogP contribution in [0, 0.1) is 0 Å². The van der Waals surface area contributed by atoms with E-state index in [0.717, 1.165) is 46.8 Å². The molecule has 0 spiro atoms. The highest BCUT2D eigenvalue weighted by Gasteiger charge is 2.29. The number of benzene rings is 2. The maximum atomic E-state index is 13.0. The third-order valence-corrected chi connectivity index (χ3v) is 5.96. The molecule has 0 unspecified atom stereocenters. The van der Waals surface area contributed by atoms with Crippen molar-refractivity contribution in [3.8, 4) is 0 Å². The lowest BCUT2D eigenvalue weighted by atomic mass is 10.0. The van der Waals surface area contributed by atoms with Gasteiger partial charge in [-0.1, -0.05) is 48.5 Å². The molecule has 5 rings (SSSR count). The van der Waals surface area contributed by atoms with Crippen LogP contribution in [0.2, 0.25) is 0 Å². The summed E-state index contributed by atoms with van der Waals surface area (Å²) < 4.78 is 0. The number of hydrogen-bond acceptors (Lipinski definition) is 4. The summed E-state index contributed by atoms with van der Waals surface area (Å²) >= 11 is 0. The summed E-state index contributed by atoms with van der Waals surface area (Å²) in [6.07, 6.45) is 5.27. The van der Waals surface area contributed by atoms with Crippen LogP contribution in [0.3, 0.4) is 0 Å². The number of para-hydroxylation sites is 1. The Morgan fingerprint density at radius 2 is 1.88 bits per heavy atom. The Bertz CT molecular complexity index is 1230. The molecule has 1 aliphatic rings. The fraction of sp³-hybridized carbons (Fsp3) is 0.269. The van der Waals surface area contributed by atoms with Crippen LogP contribution in [-0.4, -0.2) is 27.9 Å². The topological polar surface area (TPSA) is 82.7 Å². The van der Waals surface area contributed by atoms with Gasteiger partial charge in [0.2, 0.25) is 5.91 Å². The molecule has 32 heavy (non-hydrogen) atoms. The third-order valence-electron chi connectivity index (χ3n) is 5.96. The zero-order chi connectivity index (χ0) is 21.9. The van der Waals surface area contributed by atoms with Crippen LogP contribution in [-0.2, 0) is 17.6 Å². The number of nitrogens with one attached hydrogen (secondary N) is 3. The summed E-state index contributed by atoms with van der Waals surface area (Å²) in [4.78, 5) is 25.9. The van der Waals surface area contributed by atoms with E-state index >= 15 is 0 Å². The van der Waals surface area contributed by atoms with E-state index in [1.54, 1.807) is 0 Å². The molecule has 2 aromatic carbocycles. The second-order valence-electron chi connectivity index (χ2n) is 8.41. The van der Waals surface area contributed by atoms with Crippen molar-refractivity contribution in [3.05, 3.63) is 89.5 Å². The van der Waals surface area contributed by atoms with Crippen molar-refractivity contribution in [2.75, 3.05) is 12.4 Å². The van der Waals surface area contributed by atoms with Crippen molar-refractivity contribution >= 4 is 22.6 Å². The molecule has 0 bridgehead atoms. The summed E-state index contributed by atoms with van der Waals surface area (Å²) in [5, 5.41) is 7.58. The number of carbonyl (C=O) groups excluding carboxylic acids is 1. The fourth-order valence-electron chi connectivity index (χ4n) is 4.09. The summed E-state index contributed by atoms with van der Waals surface area (Å²) in [5.74, 6) is 2.07. The fourth-order valence-corrected chi connectivity index (χ4v) is 4.09. The van der Waals surface area contributed by atoms with Gasteiger partial charge in [0.15, 0.2) is 0 Å². The summed E-state index contributed by atoms with van der Waals surface area (Å²) in [5.41, 5.74) is 4.09. The van der Waals surface area contributed by atoms with Gasteiger partial charge in [-0.25, -0.2) is 9.97 Å². The van der Waals surface area contributed by atoms with Gasteiger partial charge in [0.25, 0.3) is 0 Å². The molecular formula is C26H27N5O. The predicted molar refractivity (Wildman–Crippen MR) is 127 cm³/mol. The number of aromatic nitrogens is 3. The number of rotatable bonds is 8. The van der Waals surface area contributed by atoms with E-state index in [0.29, 0.717) is 18.8 Å². The molecule has 0 aliphatic heterocycles. The first-order valence-corrected chi connectivity index (χ1v) is 11.1. The zero-order valence-corrected chi connectivity index (χ0v) is 18.1. The van der Waals surface area contributed by atoms with E-state index in [2.05, 4.69) is 32.7 Å². The van der Waals surface area contributed by atoms with E-state index in [1.165, 1.54) is 5.39 Å². The highest BCUT2D eigenvalue weighted by Crippen LogP contribution is 2.39. The van der Waals surface area contributed by atoms with Crippen LogP contribution in [0.15, 0.2) is 66.9 Å². The molecule has 162 valence electrons. The highest BCUT2D eigenvalue weighted by atomic mass is 16.1. The standard InChI is InChI=1S/C26H27N5O/c1-27-24-15-23(30-26(31-24)18-11-12-18)22(29-25(32)13-17-7-3-2-4-8-17)14-19-16-28-21-10-6-5-9-20(19)21/h2-10,15-16,18,22,28H,11-14H2,1H3,(H,29,32)(H,27,30,31)/t22-/m0/s1. The van der Waals surface area contributed by atoms with Gasteiger partial charge in [-0.3, -0.25) is 4.79 Å². The van der Waals surface area contributed by atoms with Crippen LogP contribution >= 0.6 is 0 Å². The first-order valence-electron chi connectivity index (χ1n) is 11.1. The molecule has 1 aliphatic carbocycles. The lowest BCUT2D eigenvalue weighted by Gasteiger charge is -2.20. The number of carbonyl (C=O) groups is 1. The van der Waals surface area contributed by atoms with Gasteiger partial charge >= 0.3 is 0 Å². The zero-order valence-electron chi connectivity index (χ0n) is 18.1. The maximum absolute atomic E-state index is 13.0. The highest BCUT2D eigenvalue weighted by molar-refractivity contribution is 5.83. The first-order chi connectivity index (χ1) is 15.7. The predicted octanol–water partition coefficient (Wildman–Crippen LogP) is 4.52. The molecule has 1 atom stereocenters. The number of fused-ring (bicyclic) bond motifs is 1. The van der Waals surface area contributed by atoms with E-state index in [-0.39, 0.29) is 11.9 Å². The molecule has 3 N–H and O–H groups in total. The lowest BCUT2D eigenvalue weighted by molar-refractivity contribution is -0.121. The largest absolute Gasteiger partial charge is 0.373 e. The number of anilines is 1. The summed E-state index contributed by atoms with van der Waals surface area (Å²) in [6, 6.07) is 19.8. The molecule has 2 aromatic heterocycles. The third kappa shape index (κ3) is 4.49. The minimum atomic E-state index is -0.252. The van der Waals surface area contributed by atoms with Gasteiger partial charge < -0.3 is 15.6 Å². The van der Waals surface area contributed by atoms with Crippen LogP contribution < -0.4 is 10.6 Å². The van der Waals surface area contributed by atoms with Crippen molar-refractivity contribution in [2.24, 2.45) is 0 Å². The molecule has 6 heteroatoms. The van der Waals surface area contributed by atoms with Crippen molar-refractivity contribution in [1.29, 1.82) is 0 Å². The molecule has 1 amide bonds. The Morgan fingerprint density at radius 3 is 2.66 bits per heavy atom. The Morgan fingerprint density at radius 1 is 1.09 bits per heavy atom. The Hall–Kier alpha value is -3.67. The monoisotopic (exact) mass is 425 g/mol. The van der Waals surface area contributed by atoms with E-state index < -0.39 is 0 Å². The van der Waals surface area contributed by atoms with Gasteiger partial charge in [0.05, 0.1) is 18.2 Å². The Labute approximate surface area is 187 Å². The van der Waals surface area contributed by atoms with Gasteiger partial charge in [0, 0.05) is 42.6 Å². The van der Waals surface area contributed by atoms with Crippen molar-refractivity contribution in [3.63, 3.8) is 0 Å². The number of aromatic amines is 1. The normalized spacial score (nSPS) is 14.3. The molecule has 6 nitrogen and oxygen atoms in total. The smallest absolute Gasteiger partial charge is 0.224 e. The SMILES string of the molecule is CNc1cc([C@H](Cc2c[nH]c3ccccc23)NC(=O)Cc2ccccc2)nc(C2CC2)n1. The molecular weight excluding hydrogens is 398 g/mol. The van der Waals surface area contributed by atoms with Crippen molar-refractivity contribution < 1.29 is 4.79 Å². The van der Waals surface area contributed by atoms with Crippen LogP contribution in [0.4, 0.5) is 5.82 Å². The minimum Gasteiger partial charge on any atom is -0.373 e. The second-order valence-corrected chi connectivity index (χ2v) is 8.41. The minimum absolute atomic E-state index is 0.0152. The molecule has 2 heterocycles. The molecule has 1 saturated carbocycles. The van der Waals surface area contributed by atoms with Crippen molar-refractivity contribution in [1.82, 2.24) is 20.3 Å². The van der Waals surface area contributed by atoms with Crippen molar-refractivity contribution in [2.45, 2.75) is 37.6 Å². The van der Waals surface area contributed by atoms with Crippen LogP contribution in [0.1, 0.15) is 47.4 Å². The van der Waals surface area contributed by atoms with E-state index in [1.807, 2.05) is 61.8 Å². The van der Waals surface area contributed by atoms with Gasteiger partial charge in [0.1, 0.15) is 11.6 Å². The van der Waals surface area contributed by atoms with Gasteiger partial charge in [-0.2, -0.15) is 0 Å². The maximum Gasteiger partial charge on any atom is 0.224 e. The lowest BCUT2D eigenvalue weighted by Crippen LogP contribution is -2.32. The average Bonchev–Trinajstić information content (AvgIpc) is 3.60. The average molecular weight is 426 g/mol. The number of hydrogen-bond donors (Lipinski definition) is 3. The molecule has 4 aromatic rings. The number of amides is 1. The van der Waals surface area contributed by atoms with Gasteiger partial charge in [-0.05, 0) is 30.0 Å². The first kappa shape index (κ1) is 20.2. The number of nitrogens with zero attached hydrogens (tertiary/aromatic N) is 2. The second kappa shape index (κ2) is 8.83. The van der Waals surface area contributed by atoms with E-state index in [4.69, 9.17) is 4.98 Å². The van der Waals surface area contributed by atoms with E-state index in [9.17, 15) is 4.79 Å².